The Morgan fingerprint density at radius 3 is 2.50 bits per heavy atom. The van der Waals surface area contributed by atoms with Crippen molar-refractivity contribution in [1.29, 1.82) is 0 Å². The molecule has 98 valence electrons. The molecule has 1 atom stereocenters. The smallest absolute Gasteiger partial charge is 0.335 e. The van der Waals surface area contributed by atoms with Crippen LogP contribution in [0, 0.1) is 5.92 Å². The normalized spacial score (nSPS) is 12.3. The minimum atomic E-state index is -1.09. The molecular weight excluding hydrogens is 256 g/mol. The molecule has 0 heterocycles. The van der Waals surface area contributed by atoms with Crippen molar-refractivity contribution in [1.82, 2.24) is 0 Å². The Hall–Kier alpha value is -1.59. The Morgan fingerprint density at radius 2 is 2.00 bits per heavy atom. The van der Waals surface area contributed by atoms with E-state index >= 15 is 0 Å². The fraction of sp³-hybridized carbons (Fsp3) is 0.333. The van der Waals surface area contributed by atoms with E-state index in [4.69, 9.17) is 22.4 Å². The molecule has 5 nitrogen and oxygen atoms in total. The summed E-state index contributed by atoms with van der Waals surface area (Å²) in [5, 5.41) is 11.6. The molecule has 0 aliphatic rings. The zero-order valence-corrected chi connectivity index (χ0v) is 10.9. The van der Waals surface area contributed by atoms with E-state index in [9.17, 15) is 9.59 Å². The highest BCUT2D eigenvalue weighted by molar-refractivity contribution is 6.33. The van der Waals surface area contributed by atoms with Crippen LogP contribution in [0.25, 0.3) is 0 Å². The number of halogens is 1. The standard InChI is InChI=1S/C12H15ClN2O3/c1-6(2)10(14)11(16)15-9-5-7(12(17)18)3-4-8(9)13/h3-6,10H,14H2,1-2H3,(H,15,16)(H,17,18)/t10-/m0/s1. The first-order chi connectivity index (χ1) is 8.32. The molecule has 6 heteroatoms. The van der Waals surface area contributed by atoms with E-state index in [0.717, 1.165) is 0 Å². The molecule has 1 amide bonds. The van der Waals surface area contributed by atoms with E-state index in [0.29, 0.717) is 0 Å². The lowest BCUT2D eigenvalue weighted by molar-refractivity contribution is -0.118. The summed E-state index contributed by atoms with van der Waals surface area (Å²) in [6.45, 7) is 3.64. The van der Waals surface area contributed by atoms with Gasteiger partial charge < -0.3 is 16.2 Å². The molecule has 1 rings (SSSR count). The van der Waals surface area contributed by atoms with Gasteiger partial charge in [-0.05, 0) is 24.1 Å². The number of aromatic carboxylic acids is 1. The van der Waals surface area contributed by atoms with Crippen LogP contribution in [0.4, 0.5) is 5.69 Å². The van der Waals surface area contributed by atoms with E-state index in [1.54, 1.807) is 0 Å². The second-order valence-electron chi connectivity index (χ2n) is 4.26. The molecule has 0 aliphatic heterocycles. The Labute approximate surface area is 110 Å². The Morgan fingerprint density at radius 1 is 1.39 bits per heavy atom. The predicted octanol–water partition coefficient (Wildman–Crippen LogP) is 1.96. The number of rotatable bonds is 4. The van der Waals surface area contributed by atoms with E-state index in [2.05, 4.69) is 5.32 Å². The van der Waals surface area contributed by atoms with Crippen LogP contribution in [0.15, 0.2) is 18.2 Å². The molecule has 0 fully saturated rings. The van der Waals surface area contributed by atoms with Crippen molar-refractivity contribution in [3.63, 3.8) is 0 Å². The summed E-state index contributed by atoms with van der Waals surface area (Å²) in [6.07, 6.45) is 0. The van der Waals surface area contributed by atoms with Crippen LogP contribution in [0.3, 0.4) is 0 Å². The maximum atomic E-state index is 11.7. The van der Waals surface area contributed by atoms with Gasteiger partial charge in [-0.25, -0.2) is 4.79 Å². The first-order valence-electron chi connectivity index (χ1n) is 5.42. The van der Waals surface area contributed by atoms with Gasteiger partial charge in [0.05, 0.1) is 22.3 Å². The van der Waals surface area contributed by atoms with E-state index in [1.165, 1.54) is 18.2 Å². The number of benzene rings is 1. The van der Waals surface area contributed by atoms with Gasteiger partial charge in [0.2, 0.25) is 5.91 Å². The van der Waals surface area contributed by atoms with Crippen LogP contribution in [0.2, 0.25) is 5.02 Å². The van der Waals surface area contributed by atoms with Gasteiger partial charge in [-0.3, -0.25) is 4.79 Å². The van der Waals surface area contributed by atoms with Crippen LogP contribution in [0.5, 0.6) is 0 Å². The third-order valence-corrected chi connectivity index (χ3v) is 2.82. The number of nitrogens with one attached hydrogen (secondary N) is 1. The predicted molar refractivity (Wildman–Crippen MR) is 69.9 cm³/mol. The maximum Gasteiger partial charge on any atom is 0.335 e. The van der Waals surface area contributed by atoms with E-state index in [-0.39, 0.29) is 22.2 Å². The molecule has 18 heavy (non-hydrogen) atoms. The van der Waals surface area contributed by atoms with Crippen molar-refractivity contribution in [2.24, 2.45) is 11.7 Å². The van der Waals surface area contributed by atoms with Crippen LogP contribution in [-0.2, 0) is 4.79 Å². The van der Waals surface area contributed by atoms with Gasteiger partial charge in [-0.15, -0.1) is 0 Å². The first kappa shape index (κ1) is 14.5. The van der Waals surface area contributed by atoms with E-state index < -0.39 is 17.9 Å². The largest absolute Gasteiger partial charge is 0.478 e. The Bertz CT molecular complexity index is 474. The van der Waals surface area contributed by atoms with Crippen molar-refractivity contribution in [3.8, 4) is 0 Å². The molecule has 0 aromatic heterocycles. The average Bonchev–Trinajstić information content (AvgIpc) is 2.30. The minimum absolute atomic E-state index is 0.0218. The number of carbonyl (C=O) groups is 2. The number of hydrogen-bond acceptors (Lipinski definition) is 3. The summed E-state index contributed by atoms with van der Waals surface area (Å²) in [5.74, 6) is -1.50. The number of carboxylic acids is 1. The zero-order chi connectivity index (χ0) is 13.9. The van der Waals surface area contributed by atoms with Crippen molar-refractivity contribution < 1.29 is 14.7 Å². The molecule has 0 spiro atoms. The van der Waals surface area contributed by atoms with Gasteiger partial charge >= 0.3 is 5.97 Å². The van der Waals surface area contributed by atoms with Crippen LogP contribution in [-0.4, -0.2) is 23.0 Å². The monoisotopic (exact) mass is 270 g/mol. The van der Waals surface area contributed by atoms with Crippen molar-refractivity contribution in [2.75, 3.05) is 5.32 Å². The number of hydrogen-bond donors (Lipinski definition) is 3. The third kappa shape index (κ3) is 3.45. The summed E-state index contributed by atoms with van der Waals surface area (Å²) in [5.41, 5.74) is 5.98. The molecule has 0 radical (unpaired) electrons. The molecule has 1 aromatic carbocycles. The van der Waals surface area contributed by atoms with Gasteiger partial charge in [0.1, 0.15) is 0 Å². The molecule has 0 aliphatic carbocycles. The maximum absolute atomic E-state index is 11.7. The highest BCUT2D eigenvalue weighted by Crippen LogP contribution is 2.23. The summed E-state index contributed by atoms with van der Waals surface area (Å²) in [4.78, 5) is 22.6. The molecule has 0 unspecified atom stereocenters. The van der Waals surface area contributed by atoms with E-state index in [1.807, 2.05) is 13.8 Å². The fourth-order valence-corrected chi connectivity index (χ4v) is 1.44. The summed E-state index contributed by atoms with van der Waals surface area (Å²) >= 11 is 5.88. The number of anilines is 1. The minimum Gasteiger partial charge on any atom is -0.478 e. The molecule has 0 saturated heterocycles. The van der Waals surface area contributed by atoms with Crippen LogP contribution in [0.1, 0.15) is 24.2 Å². The highest BCUT2D eigenvalue weighted by atomic mass is 35.5. The number of carbonyl (C=O) groups excluding carboxylic acids is 1. The number of nitrogens with two attached hydrogens (primary N) is 1. The molecule has 4 N–H and O–H groups in total. The van der Waals surface area contributed by atoms with Crippen molar-refractivity contribution >= 4 is 29.2 Å². The topological polar surface area (TPSA) is 92.4 Å². The van der Waals surface area contributed by atoms with Gasteiger partial charge in [-0.2, -0.15) is 0 Å². The fourth-order valence-electron chi connectivity index (χ4n) is 1.27. The second-order valence-corrected chi connectivity index (χ2v) is 4.67. The summed E-state index contributed by atoms with van der Waals surface area (Å²) in [7, 11) is 0. The molecule has 0 saturated carbocycles. The second kappa shape index (κ2) is 5.84. The lowest BCUT2D eigenvalue weighted by Gasteiger charge is -2.16. The van der Waals surface area contributed by atoms with Gasteiger partial charge in [0.25, 0.3) is 0 Å². The van der Waals surface area contributed by atoms with Crippen molar-refractivity contribution in [3.05, 3.63) is 28.8 Å². The third-order valence-electron chi connectivity index (χ3n) is 2.49. The van der Waals surface area contributed by atoms with Crippen molar-refractivity contribution in [2.45, 2.75) is 19.9 Å². The average molecular weight is 271 g/mol. The molecular formula is C12H15ClN2O3. The quantitative estimate of drug-likeness (QED) is 0.780. The van der Waals surface area contributed by atoms with Crippen LogP contribution < -0.4 is 11.1 Å². The molecule has 0 bridgehead atoms. The Kier molecular flexibility index (Phi) is 4.69. The number of amides is 1. The summed E-state index contributed by atoms with van der Waals surface area (Å²) < 4.78 is 0. The first-order valence-corrected chi connectivity index (χ1v) is 5.80. The zero-order valence-electron chi connectivity index (χ0n) is 10.1. The highest BCUT2D eigenvalue weighted by Gasteiger charge is 2.18. The lowest BCUT2D eigenvalue weighted by Crippen LogP contribution is -2.39. The van der Waals surface area contributed by atoms with Gasteiger partial charge in [0.15, 0.2) is 0 Å². The van der Waals surface area contributed by atoms with Crippen LogP contribution >= 0.6 is 11.6 Å². The Balaban J connectivity index is 2.93. The number of carboxylic acid groups (broad SMARTS) is 1. The van der Waals surface area contributed by atoms with Gasteiger partial charge in [0, 0.05) is 0 Å². The summed E-state index contributed by atoms with van der Waals surface area (Å²) in [6, 6.07) is 3.41. The lowest BCUT2D eigenvalue weighted by atomic mass is 10.0. The molecule has 1 aromatic rings. The van der Waals surface area contributed by atoms with Gasteiger partial charge in [-0.1, -0.05) is 25.4 Å². The SMILES string of the molecule is CC(C)[C@H](N)C(=O)Nc1cc(C(=O)O)ccc1Cl.